The van der Waals surface area contributed by atoms with Crippen molar-refractivity contribution in [2.24, 2.45) is 10.8 Å². The molecule has 1 N–H and O–H groups in total. The van der Waals surface area contributed by atoms with Gasteiger partial charge in [-0.15, -0.1) is 0 Å². The van der Waals surface area contributed by atoms with Crippen LogP contribution in [0.3, 0.4) is 0 Å². The number of anilines is 1. The molecule has 0 unspecified atom stereocenters. The van der Waals surface area contributed by atoms with Gasteiger partial charge in [-0.1, -0.05) is 27.7 Å². The Labute approximate surface area is 91.3 Å². The predicted octanol–water partition coefficient (Wildman–Crippen LogP) is 2.63. The van der Waals surface area contributed by atoms with Gasteiger partial charge >= 0.3 is 0 Å². The number of hydrogen-bond donors (Lipinski definition) is 1. The predicted molar refractivity (Wildman–Crippen MR) is 61.7 cm³/mol. The van der Waals surface area contributed by atoms with Crippen molar-refractivity contribution in [2.75, 3.05) is 5.32 Å². The lowest BCUT2D eigenvalue weighted by Crippen LogP contribution is -2.12. The van der Waals surface area contributed by atoms with E-state index in [1.54, 1.807) is 6.20 Å². The Kier molecular flexibility index (Phi) is 2.04. The van der Waals surface area contributed by atoms with Crippen molar-refractivity contribution in [1.29, 1.82) is 0 Å². The summed E-state index contributed by atoms with van der Waals surface area (Å²) in [7, 11) is 0. The first-order chi connectivity index (χ1) is 6.85. The maximum atomic E-state index is 4.36. The van der Waals surface area contributed by atoms with Gasteiger partial charge in [0, 0.05) is 17.9 Å². The van der Waals surface area contributed by atoms with E-state index in [1.807, 2.05) is 13.0 Å². The van der Waals surface area contributed by atoms with Crippen molar-refractivity contribution < 1.29 is 0 Å². The largest absolute Gasteiger partial charge is 0.350 e. The standard InChI is InChI=1S/C12H19N3/c1-8-6-7-13-10(14-8)15-9-11(2,3)12(9,4)5/h6-7,9H,1-5H3,(H,13,14,15). The lowest BCUT2D eigenvalue weighted by Gasteiger charge is -2.06. The van der Waals surface area contributed by atoms with Gasteiger partial charge in [0.05, 0.1) is 0 Å². The van der Waals surface area contributed by atoms with Gasteiger partial charge in [0.2, 0.25) is 5.95 Å². The third kappa shape index (κ3) is 1.50. The SMILES string of the molecule is Cc1ccnc(NC2C(C)(C)C2(C)C)n1. The maximum Gasteiger partial charge on any atom is 0.223 e. The Morgan fingerprint density at radius 3 is 2.27 bits per heavy atom. The number of rotatable bonds is 2. The molecule has 3 nitrogen and oxygen atoms in total. The van der Waals surface area contributed by atoms with Gasteiger partial charge in [-0.25, -0.2) is 9.97 Å². The minimum absolute atomic E-state index is 0.320. The van der Waals surface area contributed by atoms with Crippen LogP contribution in [0.2, 0.25) is 0 Å². The van der Waals surface area contributed by atoms with E-state index < -0.39 is 0 Å². The molecule has 1 aromatic rings. The minimum Gasteiger partial charge on any atom is -0.350 e. The average molecular weight is 205 g/mol. The molecule has 3 heteroatoms. The molecule has 15 heavy (non-hydrogen) atoms. The number of nitrogens with one attached hydrogen (secondary N) is 1. The first-order valence-electron chi connectivity index (χ1n) is 5.42. The van der Waals surface area contributed by atoms with Crippen LogP contribution in [0.5, 0.6) is 0 Å². The molecule has 1 aromatic heterocycles. The van der Waals surface area contributed by atoms with Crippen molar-refractivity contribution in [2.45, 2.75) is 40.7 Å². The minimum atomic E-state index is 0.320. The van der Waals surface area contributed by atoms with Gasteiger partial charge in [-0.05, 0) is 23.8 Å². The third-order valence-electron chi connectivity index (χ3n) is 4.09. The lowest BCUT2D eigenvalue weighted by atomic mass is 10.0. The van der Waals surface area contributed by atoms with E-state index >= 15 is 0 Å². The fourth-order valence-corrected chi connectivity index (χ4v) is 2.20. The van der Waals surface area contributed by atoms with Crippen LogP contribution in [-0.4, -0.2) is 16.0 Å². The van der Waals surface area contributed by atoms with Crippen LogP contribution in [0.4, 0.5) is 5.95 Å². The third-order valence-corrected chi connectivity index (χ3v) is 4.09. The van der Waals surface area contributed by atoms with Gasteiger partial charge in [0.15, 0.2) is 0 Å². The fourth-order valence-electron chi connectivity index (χ4n) is 2.20. The van der Waals surface area contributed by atoms with Gasteiger partial charge in [-0.3, -0.25) is 0 Å². The maximum absolute atomic E-state index is 4.36. The number of nitrogens with zero attached hydrogens (tertiary/aromatic N) is 2. The van der Waals surface area contributed by atoms with Crippen molar-refractivity contribution in [1.82, 2.24) is 9.97 Å². The molecule has 1 saturated carbocycles. The van der Waals surface area contributed by atoms with Crippen LogP contribution in [-0.2, 0) is 0 Å². The van der Waals surface area contributed by atoms with Crippen molar-refractivity contribution in [3.8, 4) is 0 Å². The average Bonchev–Trinajstić information content (AvgIpc) is 2.48. The Morgan fingerprint density at radius 1 is 1.20 bits per heavy atom. The molecule has 0 atom stereocenters. The van der Waals surface area contributed by atoms with Crippen molar-refractivity contribution in [3.05, 3.63) is 18.0 Å². The Hall–Kier alpha value is -1.12. The lowest BCUT2D eigenvalue weighted by molar-refractivity contribution is 0.457. The molecular weight excluding hydrogens is 186 g/mol. The van der Waals surface area contributed by atoms with Gasteiger partial charge < -0.3 is 5.32 Å². The fraction of sp³-hybridized carbons (Fsp3) is 0.667. The van der Waals surface area contributed by atoms with Crippen LogP contribution in [0, 0.1) is 17.8 Å². The van der Waals surface area contributed by atoms with E-state index in [4.69, 9.17) is 0 Å². The number of aromatic nitrogens is 2. The first kappa shape index (κ1) is 10.4. The topological polar surface area (TPSA) is 37.8 Å². The van der Waals surface area contributed by atoms with E-state index in [1.165, 1.54) is 0 Å². The van der Waals surface area contributed by atoms with Crippen molar-refractivity contribution in [3.63, 3.8) is 0 Å². The van der Waals surface area contributed by atoms with Crippen molar-refractivity contribution >= 4 is 5.95 Å². The highest BCUT2D eigenvalue weighted by Crippen LogP contribution is 2.63. The smallest absolute Gasteiger partial charge is 0.223 e. The molecule has 0 saturated heterocycles. The second-order valence-corrected chi connectivity index (χ2v) is 5.54. The summed E-state index contributed by atoms with van der Waals surface area (Å²) in [6, 6.07) is 2.38. The second-order valence-electron chi connectivity index (χ2n) is 5.54. The second kappa shape index (κ2) is 2.94. The summed E-state index contributed by atoms with van der Waals surface area (Å²) in [5.74, 6) is 0.749. The molecular formula is C12H19N3. The van der Waals surface area contributed by atoms with E-state index in [-0.39, 0.29) is 0 Å². The van der Waals surface area contributed by atoms with Gasteiger partial charge in [-0.2, -0.15) is 0 Å². The highest BCUT2D eigenvalue weighted by atomic mass is 15.2. The normalized spacial score (nSPS) is 22.5. The summed E-state index contributed by atoms with van der Waals surface area (Å²) in [6.45, 7) is 11.1. The summed E-state index contributed by atoms with van der Waals surface area (Å²) < 4.78 is 0. The Morgan fingerprint density at radius 2 is 1.80 bits per heavy atom. The number of hydrogen-bond acceptors (Lipinski definition) is 3. The van der Waals surface area contributed by atoms with E-state index in [2.05, 4.69) is 43.0 Å². The molecule has 1 fully saturated rings. The summed E-state index contributed by atoms with van der Waals surface area (Å²) in [6.07, 6.45) is 1.80. The summed E-state index contributed by atoms with van der Waals surface area (Å²) >= 11 is 0. The zero-order chi connectivity index (χ0) is 11.3. The molecule has 0 bridgehead atoms. The summed E-state index contributed by atoms with van der Waals surface area (Å²) in [4.78, 5) is 8.59. The molecule has 0 spiro atoms. The molecule has 1 aliphatic rings. The van der Waals surface area contributed by atoms with Crippen LogP contribution in [0.25, 0.3) is 0 Å². The van der Waals surface area contributed by atoms with Crippen LogP contribution >= 0.6 is 0 Å². The van der Waals surface area contributed by atoms with E-state index in [0.29, 0.717) is 16.9 Å². The molecule has 0 aromatic carbocycles. The molecule has 1 heterocycles. The van der Waals surface area contributed by atoms with Gasteiger partial charge in [0.25, 0.3) is 0 Å². The highest BCUT2D eigenvalue weighted by Gasteiger charge is 2.65. The van der Waals surface area contributed by atoms with Crippen LogP contribution in [0.1, 0.15) is 33.4 Å². The monoisotopic (exact) mass is 205 g/mol. The molecule has 82 valence electrons. The quantitative estimate of drug-likeness (QED) is 0.806. The van der Waals surface area contributed by atoms with Crippen LogP contribution in [0.15, 0.2) is 12.3 Å². The number of aryl methyl sites for hydroxylation is 1. The summed E-state index contributed by atoms with van der Waals surface area (Å²) in [5.41, 5.74) is 1.64. The zero-order valence-electron chi connectivity index (χ0n) is 10.1. The molecule has 2 rings (SSSR count). The van der Waals surface area contributed by atoms with Crippen LogP contribution < -0.4 is 5.32 Å². The van der Waals surface area contributed by atoms with E-state index in [0.717, 1.165) is 11.6 Å². The molecule has 0 amide bonds. The Bertz CT molecular complexity index is 368. The van der Waals surface area contributed by atoms with E-state index in [9.17, 15) is 0 Å². The van der Waals surface area contributed by atoms with Gasteiger partial charge in [0.1, 0.15) is 0 Å². The first-order valence-corrected chi connectivity index (χ1v) is 5.42. The highest BCUT2D eigenvalue weighted by molar-refractivity contribution is 5.36. The molecule has 0 aliphatic heterocycles. The Balaban J connectivity index is 2.12. The molecule has 0 radical (unpaired) electrons. The summed E-state index contributed by atoms with van der Waals surface area (Å²) in [5, 5.41) is 3.42. The molecule has 1 aliphatic carbocycles. The zero-order valence-corrected chi connectivity index (χ0v) is 10.1.